The van der Waals surface area contributed by atoms with Crippen LogP contribution in [0.5, 0.6) is 0 Å². The zero-order chi connectivity index (χ0) is 28.7. The van der Waals surface area contributed by atoms with Crippen LogP contribution in [-0.2, 0) is 20.9 Å². The molecule has 2 N–H and O–H groups in total. The zero-order valence-corrected chi connectivity index (χ0v) is 24.8. The summed E-state index contributed by atoms with van der Waals surface area (Å²) in [6.07, 6.45) is 3.48. The second-order valence-electron chi connectivity index (χ2n) is 11.9. The molecule has 3 fully saturated rings. The first-order valence-electron chi connectivity index (χ1n) is 14.4. The first kappa shape index (κ1) is 28.1. The number of morpholine rings is 1. The molecule has 0 spiro atoms. The summed E-state index contributed by atoms with van der Waals surface area (Å²) >= 11 is 6.46. The van der Waals surface area contributed by atoms with E-state index in [0.29, 0.717) is 47.9 Å². The molecule has 1 unspecified atom stereocenters. The van der Waals surface area contributed by atoms with Gasteiger partial charge in [0.05, 0.1) is 24.9 Å². The quantitative estimate of drug-likeness (QED) is 0.403. The van der Waals surface area contributed by atoms with Crippen molar-refractivity contribution in [2.45, 2.75) is 70.8 Å². The van der Waals surface area contributed by atoms with Gasteiger partial charge in [-0.1, -0.05) is 43.5 Å². The number of hydroxylamine groups is 1. The fourth-order valence-corrected chi connectivity index (χ4v) is 6.32. The number of amides is 1. The lowest BCUT2D eigenvalue weighted by molar-refractivity contribution is -0.0430. The van der Waals surface area contributed by atoms with Crippen LogP contribution in [0.4, 0.5) is 10.7 Å². The number of fused-ring (bicyclic) bond motifs is 1. The summed E-state index contributed by atoms with van der Waals surface area (Å²) in [7, 11) is 1.74. The second-order valence-corrected chi connectivity index (χ2v) is 12.4. The smallest absolute Gasteiger partial charge is 0.377 e. The van der Waals surface area contributed by atoms with Crippen LogP contribution >= 0.6 is 11.6 Å². The van der Waals surface area contributed by atoms with Crippen molar-refractivity contribution in [1.29, 1.82) is 0 Å². The Morgan fingerprint density at radius 3 is 2.68 bits per heavy atom. The molecule has 1 aromatic carbocycles. The minimum absolute atomic E-state index is 0.0607. The van der Waals surface area contributed by atoms with Crippen molar-refractivity contribution in [3.8, 4) is 11.3 Å². The lowest BCUT2D eigenvalue weighted by Gasteiger charge is -2.44. The Hall–Kier alpha value is -2.99. The van der Waals surface area contributed by atoms with Crippen LogP contribution in [0, 0.1) is 11.8 Å². The molecule has 1 aliphatic carbocycles. The standard InChI is InChI=1S/C29H38ClN7O4/c1-17-8-10-18(11-9-17)15-37-23-22(19-6-5-7-20(30)14-19)31-25(26-34-28(38)41-35-26)32-24(23)33-27(37)36-12-13-40-16-21(36)29(2,3)39-4/h5-7,14,17-18,21,26,35H,8-13,15-16H2,1-4H3,(H,34,38)/t17?,18?,21-,26?/m0/s1. The molecule has 2 saturated heterocycles. The van der Waals surface area contributed by atoms with Gasteiger partial charge in [-0.3, -0.25) is 5.32 Å². The van der Waals surface area contributed by atoms with E-state index in [-0.39, 0.29) is 6.04 Å². The molecule has 11 nitrogen and oxygen atoms in total. The van der Waals surface area contributed by atoms with E-state index in [4.69, 9.17) is 40.9 Å². The Labute approximate surface area is 244 Å². The molecule has 41 heavy (non-hydrogen) atoms. The van der Waals surface area contributed by atoms with Crippen molar-refractivity contribution < 1.29 is 19.1 Å². The van der Waals surface area contributed by atoms with Crippen LogP contribution < -0.4 is 15.7 Å². The number of carbonyl (C=O) groups is 1. The Bertz CT molecular complexity index is 1420. The predicted octanol–water partition coefficient (Wildman–Crippen LogP) is 4.85. The van der Waals surface area contributed by atoms with Crippen LogP contribution in [0.25, 0.3) is 22.4 Å². The van der Waals surface area contributed by atoms with Crippen molar-refractivity contribution in [2.75, 3.05) is 31.8 Å². The van der Waals surface area contributed by atoms with E-state index in [1.165, 1.54) is 12.8 Å². The molecule has 0 bridgehead atoms. The van der Waals surface area contributed by atoms with Crippen LogP contribution in [0.2, 0.25) is 5.02 Å². The molecular formula is C29H38ClN7O4. The van der Waals surface area contributed by atoms with Gasteiger partial charge in [-0.15, -0.1) is 5.48 Å². The largest absolute Gasteiger partial charge is 0.427 e. The van der Waals surface area contributed by atoms with E-state index in [1.807, 2.05) is 24.3 Å². The molecular weight excluding hydrogens is 546 g/mol. The summed E-state index contributed by atoms with van der Waals surface area (Å²) in [4.78, 5) is 34.1. The molecule has 1 saturated carbocycles. The van der Waals surface area contributed by atoms with Crippen LogP contribution in [0.15, 0.2) is 24.3 Å². The summed E-state index contributed by atoms with van der Waals surface area (Å²) in [5.74, 6) is 2.44. The van der Waals surface area contributed by atoms with Crippen LogP contribution in [0.3, 0.4) is 0 Å². The van der Waals surface area contributed by atoms with E-state index in [1.54, 1.807) is 7.11 Å². The molecule has 6 rings (SSSR count). The molecule has 2 aliphatic heterocycles. The fourth-order valence-electron chi connectivity index (χ4n) is 6.13. The molecule has 1 amide bonds. The number of rotatable bonds is 7. The first-order chi connectivity index (χ1) is 19.7. The molecule has 3 aliphatic rings. The van der Waals surface area contributed by atoms with Gasteiger partial charge in [0.25, 0.3) is 0 Å². The maximum Gasteiger partial charge on any atom is 0.427 e. The van der Waals surface area contributed by atoms with Gasteiger partial charge in [-0.2, -0.15) is 4.98 Å². The first-order valence-corrected chi connectivity index (χ1v) is 14.8. The van der Waals surface area contributed by atoms with Gasteiger partial charge in [0, 0.05) is 30.8 Å². The second kappa shape index (κ2) is 11.4. The highest BCUT2D eigenvalue weighted by atomic mass is 35.5. The summed E-state index contributed by atoms with van der Waals surface area (Å²) in [6.45, 7) is 9.09. The van der Waals surface area contributed by atoms with E-state index < -0.39 is 17.9 Å². The number of aromatic nitrogens is 4. The van der Waals surface area contributed by atoms with Gasteiger partial charge in [-0.25, -0.2) is 14.8 Å². The maximum atomic E-state index is 11.8. The maximum absolute atomic E-state index is 11.8. The van der Waals surface area contributed by atoms with Gasteiger partial charge in [0.15, 0.2) is 17.6 Å². The SMILES string of the molecule is COC(C)(C)[C@@H]1COCCN1c1nc2nc(C3NOC(=O)N3)nc(-c3cccc(Cl)c3)c2n1CC1CCC(C)CC1. The minimum Gasteiger partial charge on any atom is -0.377 e. The lowest BCUT2D eigenvalue weighted by Crippen LogP contribution is -2.58. The monoisotopic (exact) mass is 583 g/mol. The molecule has 0 radical (unpaired) electrons. The Kier molecular flexibility index (Phi) is 7.80. The Morgan fingerprint density at radius 2 is 1.98 bits per heavy atom. The number of benzene rings is 1. The number of hydrogen-bond donors (Lipinski definition) is 2. The van der Waals surface area contributed by atoms with E-state index in [0.717, 1.165) is 42.3 Å². The third-order valence-electron chi connectivity index (χ3n) is 8.78. The van der Waals surface area contributed by atoms with Crippen molar-refractivity contribution in [3.63, 3.8) is 0 Å². The summed E-state index contributed by atoms with van der Waals surface area (Å²) in [5, 5.41) is 3.32. The molecule has 12 heteroatoms. The molecule has 3 aromatic rings. The number of hydrogen-bond acceptors (Lipinski definition) is 9. The van der Waals surface area contributed by atoms with Gasteiger partial charge in [-0.05, 0) is 50.7 Å². The van der Waals surface area contributed by atoms with Gasteiger partial charge < -0.3 is 23.8 Å². The molecule has 220 valence electrons. The van der Waals surface area contributed by atoms with E-state index in [9.17, 15) is 4.79 Å². The minimum atomic E-state index is -0.707. The predicted molar refractivity (Wildman–Crippen MR) is 155 cm³/mol. The number of methoxy groups -OCH3 is 1. The zero-order valence-electron chi connectivity index (χ0n) is 24.0. The highest BCUT2D eigenvalue weighted by Gasteiger charge is 2.40. The number of imidazole rings is 1. The third-order valence-corrected chi connectivity index (χ3v) is 9.01. The van der Waals surface area contributed by atoms with Crippen molar-refractivity contribution in [1.82, 2.24) is 30.3 Å². The van der Waals surface area contributed by atoms with Gasteiger partial charge in [0.1, 0.15) is 11.2 Å². The van der Waals surface area contributed by atoms with Gasteiger partial charge in [0.2, 0.25) is 5.95 Å². The Morgan fingerprint density at radius 1 is 1.17 bits per heavy atom. The fraction of sp³-hybridized carbons (Fsp3) is 0.586. The average Bonchev–Trinajstić information content (AvgIpc) is 3.57. The van der Waals surface area contributed by atoms with Crippen molar-refractivity contribution in [3.05, 3.63) is 35.1 Å². The summed E-state index contributed by atoms with van der Waals surface area (Å²) in [5.41, 5.74) is 5.14. The molecule has 2 atom stereocenters. The van der Waals surface area contributed by atoms with Crippen LogP contribution in [-0.4, -0.2) is 64.1 Å². The molecule has 2 aromatic heterocycles. The Balaban J connectivity index is 1.56. The summed E-state index contributed by atoms with van der Waals surface area (Å²) < 4.78 is 14.2. The highest BCUT2D eigenvalue weighted by molar-refractivity contribution is 6.30. The lowest BCUT2D eigenvalue weighted by atomic mass is 9.83. The normalized spacial score (nSPS) is 25.4. The van der Waals surface area contributed by atoms with Crippen LogP contribution in [0.1, 0.15) is 58.4 Å². The average molecular weight is 584 g/mol. The highest BCUT2D eigenvalue weighted by Crippen LogP contribution is 2.38. The number of ether oxygens (including phenoxy) is 2. The molecule has 4 heterocycles. The number of carbonyl (C=O) groups excluding carboxylic acids is 1. The third kappa shape index (κ3) is 5.60. The number of nitrogens with zero attached hydrogens (tertiary/aromatic N) is 5. The summed E-state index contributed by atoms with van der Waals surface area (Å²) in [6, 6.07) is 7.57. The van der Waals surface area contributed by atoms with E-state index >= 15 is 0 Å². The van der Waals surface area contributed by atoms with Crippen molar-refractivity contribution >= 4 is 34.8 Å². The van der Waals surface area contributed by atoms with Crippen molar-refractivity contribution in [2.24, 2.45) is 11.8 Å². The number of halogens is 1. The number of anilines is 1. The number of nitrogens with one attached hydrogen (secondary N) is 2. The van der Waals surface area contributed by atoms with E-state index in [2.05, 4.69) is 41.0 Å². The topological polar surface area (TPSA) is 116 Å². The van der Waals surface area contributed by atoms with Gasteiger partial charge >= 0.3 is 6.09 Å².